The van der Waals surface area contributed by atoms with Crippen LogP contribution in [0.4, 0.5) is 0 Å². The first-order valence-corrected chi connectivity index (χ1v) is 7.70. The van der Waals surface area contributed by atoms with Gasteiger partial charge in [0.05, 0.1) is 18.0 Å². The molecule has 0 N–H and O–H groups in total. The second-order valence-corrected chi connectivity index (χ2v) is 5.76. The third-order valence-electron chi connectivity index (χ3n) is 3.58. The summed E-state index contributed by atoms with van der Waals surface area (Å²) in [7, 11) is 1.84. The van der Waals surface area contributed by atoms with E-state index in [2.05, 4.69) is 39.1 Å². The standard InChI is InChI=1S/C16H18BrN3O/c1-3-14(10-12-6-4-5-7-15(12)17)20(2)16(21)13-8-9-18-19-11-13/h4-9,11,14H,3,10H2,1-2H3/t14-/m0/s1. The van der Waals surface area contributed by atoms with Crippen LogP contribution in [0.2, 0.25) is 0 Å². The third-order valence-corrected chi connectivity index (χ3v) is 4.36. The average Bonchev–Trinajstić information content (AvgIpc) is 2.53. The zero-order valence-electron chi connectivity index (χ0n) is 12.2. The van der Waals surface area contributed by atoms with E-state index >= 15 is 0 Å². The molecule has 0 bridgehead atoms. The van der Waals surface area contributed by atoms with Crippen molar-refractivity contribution in [2.24, 2.45) is 0 Å². The van der Waals surface area contributed by atoms with Crippen molar-refractivity contribution >= 4 is 21.8 Å². The smallest absolute Gasteiger partial charge is 0.255 e. The van der Waals surface area contributed by atoms with Crippen LogP contribution < -0.4 is 0 Å². The van der Waals surface area contributed by atoms with Gasteiger partial charge in [0.15, 0.2) is 0 Å². The number of hydrogen-bond donors (Lipinski definition) is 0. The Kier molecular flexibility index (Phi) is 5.44. The molecular formula is C16H18BrN3O. The number of hydrogen-bond acceptors (Lipinski definition) is 3. The minimum atomic E-state index is -0.0243. The van der Waals surface area contributed by atoms with Gasteiger partial charge in [0.25, 0.3) is 5.91 Å². The fraction of sp³-hybridized carbons (Fsp3) is 0.312. The summed E-state index contributed by atoms with van der Waals surface area (Å²) in [5.74, 6) is -0.0243. The molecule has 2 aromatic rings. The van der Waals surface area contributed by atoms with Crippen LogP contribution in [0.25, 0.3) is 0 Å². The highest BCUT2D eigenvalue weighted by molar-refractivity contribution is 9.10. The minimum Gasteiger partial charge on any atom is -0.338 e. The molecule has 1 aromatic carbocycles. The predicted molar refractivity (Wildman–Crippen MR) is 86.1 cm³/mol. The van der Waals surface area contributed by atoms with Gasteiger partial charge in [-0.05, 0) is 30.5 Å². The van der Waals surface area contributed by atoms with Crippen molar-refractivity contribution in [3.63, 3.8) is 0 Å². The first-order chi connectivity index (χ1) is 10.1. The molecule has 0 spiro atoms. The molecule has 0 aliphatic carbocycles. The van der Waals surface area contributed by atoms with Crippen molar-refractivity contribution < 1.29 is 4.79 Å². The van der Waals surface area contributed by atoms with Crippen LogP contribution in [-0.4, -0.2) is 34.1 Å². The van der Waals surface area contributed by atoms with E-state index in [0.717, 1.165) is 17.3 Å². The van der Waals surface area contributed by atoms with E-state index in [-0.39, 0.29) is 11.9 Å². The Morgan fingerprint density at radius 3 is 2.67 bits per heavy atom. The van der Waals surface area contributed by atoms with Gasteiger partial charge in [-0.1, -0.05) is 41.1 Å². The van der Waals surface area contributed by atoms with Crippen molar-refractivity contribution in [1.82, 2.24) is 15.1 Å². The van der Waals surface area contributed by atoms with E-state index < -0.39 is 0 Å². The lowest BCUT2D eigenvalue weighted by Gasteiger charge is -2.27. The highest BCUT2D eigenvalue weighted by atomic mass is 79.9. The highest BCUT2D eigenvalue weighted by Gasteiger charge is 2.21. The van der Waals surface area contributed by atoms with Gasteiger partial charge in [-0.15, -0.1) is 0 Å². The molecule has 21 heavy (non-hydrogen) atoms. The number of carbonyl (C=O) groups is 1. The Labute approximate surface area is 133 Å². The molecule has 1 atom stereocenters. The Balaban J connectivity index is 2.14. The molecule has 110 valence electrons. The first kappa shape index (κ1) is 15.6. The molecule has 2 rings (SSSR count). The fourth-order valence-electron chi connectivity index (χ4n) is 2.26. The van der Waals surface area contributed by atoms with Gasteiger partial charge in [-0.3, -0.25) is 4.79 Å². The number of halogens is 1. The van der Waals surface area contributed by atoms with Crippen LogP contribution in [-0.2, 0) is 6.42 Å². The summed E-state index contributed by atoms with van der Waals surface area (Å²) in [6, 6.07) is 9.95. The monoisotopic (exact) mass is 347 g/mol. The normalized spacial score (nSPS) is 12.0. The minimum absolute atomic E-state index is 0.0243. The molecule has 0 aliphatic rings. The molecule has 0 radical (unpaired) electrons. The predicted octanol–water partition coefficient (Wildman–Crippen LogP) is 3.33. The largest absolute Gasteiger partial charge is 0.338 e. The molecule has 0 fully saturated rings. The molecule has 4 nitrogen and oxygen atoms in total. The molecule has 0 saturated heterocycles. The summed E-state index contributed by atoms with van der Waals surface area (Å²) >= 11 is 3.56. The van der Waals surface area contributed by atoms with Crippen LogP contribution in [0, 0.1) is 0 Å². The summed E-state index contributed by atoms with van der Waals surface area (Å²) in [6.07, 6.45) is 4.75. The van der Waals surface area contributed by atoms with E-state index in [0.29, 0.717) is 5.56 Å². The average molecular weight is 348 g/mol. The van der Waals surface area contributed by atoms with Crippen molar-refractivity contribution in [3.8, 4) is 0 Å². The third kappa shape index (κ3) is 3.88. The second kappa shape index (κ2) is 7.31. The van der Waals surface area contributed by atoms with Crippen LogP contribution in [0.3, 0.4) is 0 Å². The molecule has 1 aromatic heterocycles. The number of likely N-dealkylation sites (N-methyl/N-ethyl adjacent to an activating group) is 1. The molecule has 1 heterocycles. The highest BCUT2D eigenvalue weighted by Crippen LogP contribution is 2.20. The summed E-state index contributed by atoms with van der Waals surface area (Å²) < 4.78 is 1.08. The summed E-state index contributed by atoms with van der Waals surface area (Å²) in [5, 5.41) is 7.47. The summed E-state index contributed by atoms with van der Waals surface area (Å²) in [4.78, 5) is 14.3. The van der Waals surface area contributed by atoms with Crippen LogP contribution in [0.15, 0.2) is 47.2 Å². The van der Waals surface area contributed by atoms with Gasteiger partial charge in [-0.25, -0.2) is 0 Å². The number of rotatable bonds is 5. The number of benzene rings is 1. The number of aromatic nitrogens is 2. The van der Waals surface area contributed by atoms with E-state index in [1.54, 1.807) is 11.0 Å². The topological polar surface area (TPSA) is 46.1 Å². The van der Waals surface area contributed by atoms with Crippen LogP contribution in [0.5, 0.6) is 0 Å². The van der Waals surface area contributed by atoms with E-state index in [1.165, 1.54) is 18.0 Å². The van der Waals surface area contributed by atoms with E-state index in [9.17, 15) is 4.79 Å². The maximum absolute atomic E-state index is 12.5. The fourth-order valence-corrected chi connectivity index (χ4v) is 2.71. The number of nitrogens with zero attached hydrogens (tertiary/aromatic N) is 3. The van der Waals surface area contributed by atoms with Gasteiger partial charge >= 0.3 is 0 Å². The molecule has 0 unspecified atom stereocenters. The second-order valence-electron chi connectivity index (χ2n) is 4.90. The molecule has 0 saturated carbocycles. The zero-order valence-corrected chi connectivity index (χ0v) is 13.7. The lowest BCUT2D eigenvalue weighted by atomic mass is 10.0. The van der Waals surface area contributed by atoms with Gasteiger partial charge in [0.2, 0.25) is 0 Å². The summed E-state index contributed by atoms with van der Waals surface area (Å²) in [5.41, 5.74) is 1.77. The van der Waals surface area contributed by atoms with E-state index in [1.807, 2.05) is 25.2 Å². The lowest BCUT2D eigenvalue weighted by molar-refractivity contribution is 0.0726. The summed E-state index contributed by atoms with van der Waals surface area (Å²) in [6.45, 7) is 2.09. The molecule has 5 heteroatoms. The Hall–Kier alpha value is -1.75. The Bertz CT molecular complexity index is 603. The maximum atomic E-state index is 12.5. The van der Waals surface area contributed by atoms with Gasteiger partial charge < -0.3 is 4.90 Å². The Morgan fingerprint density at radius 1 is 1.29 bits per heavy atom. The SMILES string of the molecule is CC[C@@H](Cc1ccccc1Br)N(C)C(=O)c1ccnnc1. The first-order valence-electron chi connectivity index (χ1n) is 6.90. The van der Waals surface area contributed by atoms with Gasteiger partial charge in [0, 0.05) is 17.6 Å². The Morgan fingerprint density at radius 2 is 2.05 bits per heavy atom. The van der Waals surface area contributed by atoms with Crippen LogP contribution in [0.1, 0.15) is 29.3 Å². The van der Waals surface area contributed by atoms with Crippen molar-refractivity contribution in [1.29, 1.82) is 0 Å². The van der Waals surface area contributed by atoms with Gasteiger partial charge in [-0.2, -0.15) is 10.2 Å². The molecular weight excluding hydrogens is 330 g/mol. The number of amides is 1. The van der Waals surface area contributed by atoms with Crippen LogP contribution >= 0.6 is 15.9 Å². The molecule has 1 amide bonds. The van der Waals surface area contributed by atoms with Gasteiger partial charge in [0.1, 0.15) is 0 Å². The number of carbonyl (C=O) groups excluding carboxylic acids is 1. The maximum Gasteiger partial charge on any atom is 0.255 e. The van der Waals surface area contributed by atoms with Crippen molar-refractivity contribution in [2.75, 3.05) is 7.05 Å². The lowest BCUT2D eigenvalue weighted by Crippen LogP contribution is -2.38. The quantitative estimate of drug-likeness (QED) is 0.833. The van der Waals surface area contributed by atoms with E-state index in [4.69, 9.17) is 0 Å². The zero-order chi connectivity index (χ0) is 15.2. The van der Waals surface area contributed by atoms with Crippen molar-refractivity contribution in [2.45, 2.75) is 25.8 Å². The molecule has 0 aliphatic heterocycles. The van der Waals surface area contributed by atoms with Crippen molar-refractivity contribution in [3.05, 3.63) is 58.3 Å².